The lowest BCUT2D eigenvalue weighted by atomic mass is 10.4. The Bertz CT molecular complexity index is 737. The number of aromatic carboxylic acids is 1. The molecule has 0 amide bonds. The van der Waals surface area contributed by atoms with E-state index in [0.717, 1.165) is 15.4 Å². The Hall–Kier alpha value is -1.42. The molecular formula is C10H10ClN3O4S2. The molecule has 0 aliphatic heterocycles. The van der Waals surface area contributed by atoms with Crippen molar-refractivity contribution in [3.63, 3.8) is 0 Å². The molecule has 2 rings (SSSR count). The van der Waals surface area contributed by atoms with Gasteiger partial charge in [-0.1, -0.05) is 11.6 Å². The highest BCUT2D eigenvalue weighted by Gasteiger charge is 2.29. The van der Waals surface area contributed by atoms with Gasteiger partial charge in [-0.25, -0.2) is 13.2 Å². The van der Waals surface area contributed by atoms with Crippen molar-refractivity contribution in [2.24, 2.45) is 0 Å². The Morgan fingerprint density at radius 2 is 2.25 bits per heavy atom. The summed E-state index contributed by atoms with van der Waals surface area (Å²) >= 11 is 7.04. The highest BCUT2D eigenvalue weighted by molar-refractivity contribution is 7.89. The fourth-order valence-electron chi connectivity index (χ4n) is 1.52. The van der Waals surface area contributed by atoms with Gasteiger partial charge in [0.25, 0.3) is 10.0 Å². The van der Waals surface area contributed by atoms with Crippen molar-refractivity contribution in [3.05, 3.63) is 33.1 Å². The summed E-state index contributed by atoms with van der Waals surface area (Å²) in [6, 6.07) is 3.38. The van der Waals surface area contributed by atoms with Gasteiger partial charge in [-0.3, -0.25) is 5.10 Å². The smallest absolute Gasteiger partial charge is 0.340 e. The van der Waals surface area contributed by atoms with Crippen molar-refractivity contribution in [2.75, 3.05) is 7.05 Å². The van der Waals surface area contributed by atoms with Gasteiger partial charge in [0, 0.05) is 18.5 Å². The van der Waals surface area contributed by atoms with E-state index in [1.807, 2.05) is 0 Å². The minimum absolute atomic E-state index is 0.0950. The first-order valence-corrected chi connectivity index (χ1v) is 7.93. The van der Waals surface area contributed by atoms with Gasteiger partial charge >= 0.3 is 5.97 Å². The molecule has 2 N–H and O–H groups in total. The van der Waals surface area contributed by atoms with Crippen LogP contribution in [0.5, 0.6) is 0 Å². The molecule has 0 aliphatic rings. The summed E-state index contributed by atoms with van der Waals surface area (Å²) in [5.41, 5.74) is -0.388. The fourth-order valence-corrected chi connectivity index (χ4v) is 3.95. The van der Waals surface area contributed by atoms with E-state index in [4.69, 9.17) is 16.7 Å². The standard InChI is InChI=1S/C10H10ClN3O4S2/c1-14(5-6-2-3-8(11)19-6)20(17,18)9-7(10(15)16)4-12-13-9/h2-4H,5H2,1H3,(H,12,13)(H,15,16). The summed E-state index contributed by atoms with van der Waals surface area (Å²) < 4.78 is 26.2. The molecule has 10 heteroatoms. The second-order valence-electron chi connectivity index (χ2n) is 3.88. The van der Waals surface area contributed by atoms with Gasteiger partial charge in [-0.05, 0) is 12.1 Å². The normalized spacial score (nSPS) is 11.9. The molecule has 0 saturated heterocycles. The number of carboxylic acids is 1. The van der Waals surface area contributed by atoms with Crippen LogP contribution in [0, 0.1) is 0 Å². The maximum Gasteiger partial charge on any atom is 0.340 e. The molecule has 0 bridgehead atoms. The molecule has 0 unspecified atom stereocenters. The minimum Gasteiger partial charge on any atom is -0.478 e. The fraction of sp³-hybridized carbons (Fsp3) is 0.200. The molecule has 108 valence electrons. The number of nitrogens with one attached hydrogen (secondary N) is 1. The molecule has 0 aliphatic carbocycles. The molecule has 2 aromatic rings. The Morgan fingerprint density at radius 3 is 2.80 bits per heavy atom. The number of sulfonamides is 1. The van der Waals surface area contributed by atoms with Crippen LogP contribution in [-0.2, 0) is 16.6 Å². The predicted molar refractivity (Wildman–Crippen MR) is 73.5 cm³/mol. The average molecular weight is 336 g/mol. The van der Waals surface area contributed by atoms with Gasteiger partial charge in [0.2, 0.25) is 0 Å². The Morgan fingerprint density at radius 1 is 1.55 bits per heavy atom. The molecule has 2 aromatic heterocycles. The summed E-state index contributed by atoms with van der Waals surface area (Å²) in [4.78, 5) is 11.7. The number of aromatic amines is 1. The Balaban J connectivity index is 2.30. The van der Waals surface area contributed by atoms with E-state index in [2.05, 4.69) is 10.2 Å². The average Bonchev–Trinajstić information content (AvgIpc) is 2.98. The van der Waals surface area contributed by atoms with Crippen molar-refractivity contribution >= 4 is 38.9 Å². The number of hydrogen-bond donors (Lipinski definition) is 2. The highest BCUT2D eigenvalue weighted by Crippen LogP contribution is 2.25. The van der Waals surface area contributed by atoms with Gasteiger partial charge < -0.3 is 5.11 Å². The van der Waals surface area contributed by atoms with Gasteiger partial charge in [0.15, 0.2) is 5.03 Å². The third-order valence-corrected chi connectivity index (χ3v) is 5.50. The zero-order valence-electron chi connectivity index (χ0n) is 10.2. The first-order chi connectivity index (χ1) is 9.32. The largest absolute Gasteiger partial charge is 0.478 e. The number of carboxylic acid groups (broad SMARTS) is 1. The first kappa shape index (κ1) is 15.0. The molecule has 7 nitrogen and oxygen atoms in total. The highest BCUT2D eigenvalue weighted by atomic mass is 35.5. The zero-order valence-corrected chi connectivity index (χ0v) is 12.6. The molecule has 2 heterocycles. The van der Waals surface area contributed by atoms with Crippen molar-refractivity contribution in [1.82, 2.24) is 14.5 Å². The molecule has 0 atom stereocenters. The molecule has 20 heavy (non-hydrogen) atoms. The molecule has 0 fully saturated rings. The van der Waals surface area contributed by atoms with E-state index < -0.39 is 21.0 Å². The van der Waals surface area contributed by atoms with Gasteiger partial charge in [-0.15, -0.1) is 11.3 Å². The Labute approximate surface area is 123 Å². The molecule has 0 aromatic carbocycles. The van der Waals surface area contributed by atoms with Gasteiger partial charge in [0.1, 0.15) is 5.56 Å². The molecular weight excluding hydrogens is 326 g/mol. The lowest BCUT2D eigenvalue weighted by Crippen LogP contribution is -2.27. The van der Waals surface area contributed by atoms with Crippen molar-refractivity contribution in [1.29, 1.82) is 0 Å². The van der Waals surface area contributed by atoms with Crippen molar-refractivity contribution in [2.45, 2.75) is 11.6 Å². The predicted octanol–water partition coefficient (Wildman–Crippen LogP) is 1.64. The van der Waals surface area contributed by atoms with Gasteiger partial charge in [0.05, 0.1) is 10.5 Å². The van der Waals surface area contributed by atoms with Crippen LogP contribution < -0.4 is 0 Å². The summed E-state index contributed by atoms with van der Waals surface area (Å²) in [7, 11) is -2.61. The summed E-state index contributed by atoms with van der Waals surface area (Å²) in [6.07, 6.45) is 0.963. The van der Waals surface area contributed by atoms with E-state index >= 15 is 0 Å². The zero-order chi connectivity index (χ0) is 14.9. The quantitative estimate of drug-likeness (QED) is 0.864. The number of nitrogens with zero attached hydrogens (tertiary/aromatic N) is 2. The maximum absolute atomic E-state index is 12.3. The second kappa shape index (κ2) is 5.52. The van der Waals surface area contributed by atoms with Crippen LogP contribution in [0.2, 0.25) is 4.34 Å². The number of halogens is 1. The lowest BCUT2D eigenvalue weighted by Gasteiger charge is -2.15. The number of H-pyrrole nitrogens is 1. The summed E-state index contributed by atoms with van der Waals surface area (Å²) in [5.74, 6) is -1.36. The van der Waals surface area contributed by atoms with E-state index in [-0.39, 0.29) is 12.1 Å². The minimum atomic E-state index is -3.96. The summed E-state index contributed by atoms with van der Waals surface area (Å²) in [5, 5.41) is 14.2. The third-order valence-electron chi connectivity index (χ3n) is 2.51. The van der Waals surface area contributed by atoms with Crippen LogP contribution in [0.3, 0.4) is 0 Å². The number of rotatable bonds is 5. The number of aromatic nitrogens is 2. The SMILES string of the molecule is CN(Cc1ccc(Cl)s1)S(=O)(=O)c1[nH]ncc1C(=O)O. The lowest BCUT2D eigenvalue weighted by molar-refractivity contribution is 0.0692. The molecule has 0 radical (unpaired) electrons. The maximum atomic E-state index is 12.3. The van der Waals surface area contributed by atoms with Crippen molar-refractivity contribution in [3.8, 4) is 0 Å². The van der Waals surface area contributed by atoms with Crippen LogP contribution in [0.15, 0.2) is 23.4 Å². The first-order valence-electron chi connectivity index (χ1n) is 5.29. The van der Waals surface area contributed by atoms with Crippen LogP contribution >= 0.6 is 22.9 Å². The van der Waals surface area contributed by atoms with Crippen LogP contribution in [-0.4, -0.2) is 41.0 Å². The van der Waals surface area contributed by atoms with Crippen LogP contribution in [0.1, 0.15) is 15.2 Å². The second-order valence-corrected chi connectivity index (χ2v) is 7.67. The van der Waals surface area contributed by atoms with Crippen LogP contribution in [0.25, 0.3) is 0 Å². The summed E-state index contributed by atoms with van der Waals surface area (Å²) in [6.45, 7) is 0.0950. The van der Waals surface area contributed by atoms with E-state index in [1.165, 1.54) is 18.4 Å². The van der Waals surface area contributed by atoms with Crippen molar-refractivity contribution < 1.29 is 18.3 Å². The van der Waals surface area contributed by atoms with Crippen LogP contribution in [0.4, 0.5) is 0 Å². The van der Waals surface area contributed by atoms with Gasteiger partial charge in [-0.2, -0.15) is 9.40 Å². The number of hydrogen-bond acceptors (Lipinski definition) is 5. The Kier molecular flexibility index (Phi) is 4.14. The molecule has 0 spiro atoms. The number of thiophene rings is 1. The van der Waals surface area contributed by atoms with E-state index in [9.17, 15) is 13.2 Å². The number of carbonyl (C=O) groups is 1. The van der Waals surface area contributed by atoms with E-state index in [1.54, 1.807) is 12.1 Å². The third kappa shape index (κ3) is 2.85. The monoisotopic (exact) mass is 335 g/mol. The molecule has 0 saturated carbocycles. The van der Waals surface area contributed by atoms with E-state index in [0.29, 0.717) is 4.34 Å². The topological polar surface area (TPSA) is 103 Å².